The average molecular weight is 163 g/mol. The van der Waals surface area contributed by atoms with E-state index in [2.05, 4.69) is 10.1 Å². The molecule has 0 radical (unpaired) electrons. The first-order chi connectivity index (χ1) is 5.66. The van der Waals surface area contributed by atoms with Gasteiger partial charge in [0.2, 0.25) is 0 Å². The highest BCUT2D eigenvalue weighted by atomic mass is 16.1. The van der Waals surface area contributed by atoms with Crippen LogP contribution in [-0.2, 0) is 0 Å². The summed E-state index contributed by atoms with van der Waals surface area (Å²) in [5.41, 5.74) is 1.55. The summed E-state index contributed by atoms with van der Waals surface area (Å²) in [5, 5.41) is 4.12. The topological polar surface area (TPSA) is 50.2 Å². The molecule has 1 N–H and O–H groups in total. The van der Waals surface area contributed by atoms with Crippen molar-refractivity contribution in [2.75, 3.05) is 0 Å². The second kappa shape index (κ2) is 2.20. The van der Waals surface area contributed by atoms with E-state index >= 15 is 0 Å². The normalized spacial score (nSPS) is 10.8. The average Bonchev–Trinajstić information content (AvgIpc) is 2.29. The number of hydrogen-bond acceptors (Lipinski definition) is 2. The second-order valence-corrected chi connectivity index (χ2v) is 2.89. The number of H-pyrrole nitrogens is 1. The lowest BCUT2D eigenvalue weighted by Gasteiger charge is -1.93. The van der Waals surface area contributed by atoms with E-state index in [1.165, 1.54) is 0 Å². The predicted octanol–water partition coefficient (Wildman–Crippen LogP) is 0.639. The molecular weight excluding hydrogens is 154 g/mol. The number of rotatable bonds is 0. The Bertz CT molecular complexity index is 480. The van der Waals surface area contributed by atoms with Crippen LogP contribution in [0.1, 0.15) is 11.4 Å². The molecule has 0 saturated carbocycles. The van der Waals surface area contributed by atoms with Crippen LogP contribution in [-0.4, -0.2) is 14.6 Å². The lowest BCUT2D eigenvalue weighted by Crippen LogP contribution is -2.12. The molecule has 12 heavy (non-hydrogen) atoms. The number of aromatic amines is 1. The number of nitrogens with one attached hydrogen (secondary N) is 1. The maximum absolute atomic E-state index is 11.3. The summed E-state index contributed by atoms with van der Waals surface area (Å²) in [6.07, 6.45) is 1.83. The van der Waals surface area contributed by atoms with E-state index < -0.39 is 0 Å². The number of aryl methyl sites for hydroxylation is 2. The van der Waals surface area contributed by atoms with Crippen molar-refractivity contribution < 1.29 is 0 Å². The number of fused-ring (bicyclic) bond motifs is 1. The third kappa shape index (κ3) is 0.922. The van der Waals surface area contributed by atoms with Crippen LogP contribution in [0.5, 0.6) is 0 Å². The molecule has 0 aromatic carbocycles. The Morgan fingerprint density at radius 3 is 3.00 bits per heavy atom. The summed E-state index contributed by atoms with van der Waals surface area (Å²) in [6.45, 7) is 3.69. The molecule has 0 aliphatic carbocycles. The van der Waals surface area contributed by atoms with E-state index in [1.807, 2.05) is 19.2 Å². The Balaban J connectivity index is 2.98. The molecule has 0 aliphatic heterocycles. The van der Waals surface area contributed by atoms with Crippen molar-refractivity contribution in [1.29, 1.82) is 0 Å². The predicted molar refractivity (Wildman–Crippen MR) is 45.3 cm³/mol. The lowest BCUT2D eigenvalue weighted by atomic mass is 10.4. The van der Waals surface area contributed by atoms with Gasteiger partial charge in [-0.1, -0.05) is 0 Å². The summed E-state index contributed by atoms with van der Waals surface area (Å²) in [4.78, 5) is 13.9. The van der Waals surface area contributed by atoms with Crippen LogP contribution >= 0.6 is 0 Å². The molecule has 62 valence electrons. The van der Waals surface area contributed by atoms with Crippen LogP contribution in [0.4, 0.5) is 0 Å². The van der Waals surface area contributed by atoms with Crippen molar-refractivity contribution in [3.8, 4) is 0 Å². The van der Waals surface area contributed by atoms with Gasteiger partial charge in [-0.25, -0.2) is 4.52 Å². The van der Waals surface area contributed by atoms with Gasteiger partial charge in [-0.05, 0) is 25.5 Å². The number of hydrogen-bond donors (Lipinski definition) is 1. The van der Waals surface area contributed by atoms with Gasteiger partial charge in [-0.15, -0.1) is 0 Å². The highest BCUT2D eigenvalue weighted by molar-refractivity contribution is 5.46. The van der Waals surface area contributed by atoms with E-state index in [4.69, 9.17) is 0 Å². The third-order valence-corrected chi connectivity index (χ3v) is 1.72. The van der Waals surface area contributed by atoms with E-state index in [0.29, 0.717) is 11.3 Å². The molecular formula is C8H9N3O. The quantitative estimate of drug-likeness (QED) is 0.619. The Labute approximate surface area is 68.8 Å². The fourth-order valence-corrected chi connectivity index (χ4v) is 1.25. The van der Waals surface area contributed by atoms with Gasteiger partial charge in [-0.3, -0.25) is 4.79 Å². The minimum Gasteiger partial charge on any atom is -0.307 e. The van der Waals surface area contributed by atoms with Gasteiger partial charge in [0, 0.05) is 6.20 Å². The van der Waals surface area contributed by atoms with Crippen molar-refractivity contribution >= 4 is 5.52 Å². The first-order valence-electron chi connectivity index (χ1n) is 3.73. The molecule has 0 saturated heterocycles. The van der Waals surface area contributed by atoms with Gasteiger partial charge in [0.15, 0.2) is 0 Å². The summed E-state index contributed by atoms with van der Waals surface area (Å²) in [5.74, 6) is 0.628. The smallest absolute Gasteiger partial charge is 0.275 e. The highest BCUT2D eigenvalue weighted by Gasteiger charge is 2.00. The van der Waals surface area contributed by atoms with Gasteiger partial charge in [0.05, 0.1) is 0 Å². The second-order valence-electron chi connectivity index (χ2n) is 2.89. The van der Waals surface area contributed by atoms with E-state index in [9.17, 15) is 4.79 Å². The molecule has 0 bridgehead atoms. The standard InChI is InChI=1S/C8H9N3O/c1-5-3-7-8(12)9-6(2)10-11(7)4-5/h3-4H,1-2H3,(H,9,10,12). The van der Waals surface area contributed by atoms with Crippen LogP contribution < -0.4 is 5.56 Å². The maximum atomic E-state index is 11.3. The van der Waals surface area contributed by atoms with Crippen molar-refractivity contribution in [3.05, 3.63) is 34.0 Å². The molecule has 0 amide bonds. The third-order valence-electron chi connectivity index (χ3n) is 1.72. The van der Waals surface area contributed by atoms with Crippen molar-refractivity contribution in [2.24, 2.45) is 0 Å². The van der Waals surface area contributed by atoms with Crippen LogP contribution in [0, 0.1) is 13.8 Å². The van der Waals surface area contributed by atoms with Crippen LogP contribution in [0.3, 0.4) is 0 Å². The number of nitrogens with zero attached hydrogens (tertiary/aromatic N) is 2. The molecule has 0 aliphatic rings. The van der Waals surface area contributed by atoms with Crippen LogP contribution in [0.2, 0.25) is 0 Å². The first-order valence-corrected chi connectivity index (χ1v) is 3.73. The first kappa shape index (κ1) is 7.09. The largest absolute Gasteiger partial charge is 0.307 e. The van der Waals surface area contributed by atoms with E-state index in [-0.39, 0.29) is 5.56 Å². The monoisotopic (exact) mass is 163 g/mol. The fourth-order valence-electron chi connectivity index (χ4n) is 1.25. The van der Waals surface area contributed by atoms with Crippen LogP contribution in [0.15, 0.2) is 17.1 Å². The van der Waals surface area contributed by atoms with Gasteiger partial charge < -0.3 is 4.98 Å². The zero-order chi connectivity index (χ0) is 8.72. The Kier molecular flexibility index (Phi) is 1.30. The van der Waals surface area contributed by atoms with Gasteiger partial charge in [0.1, 0.15) is 11.3 Å². The summed E-state index contributed by atoms with van der Waals surface area (Å²) >= 11 is 0. The van der Waals surface area contributed by atoms with Gasteiger partial charge >= 0.3 is 0 Å². The molecule has 4 nitrogen and oxygen atoms in total. The minimum absolute atomic E-state index is 0.0874. The SMILES string of the molecule is Cc1cc2c(=O)[nH]c(C)nn2c1. The minimum atomic E-state index is -0.0874. The molecule has 2 heterocycles. The van der Waals surface area contributed by atoms with Crippen LogP contribution in [0.25, 0.3) is 5.52 Å². The molecule has 0 fully saturated rings. The molecule has 0 unspecified atom stereocenters. The molecule has 0 atom stereocenters. The Morgan fingerprint density at radius 2 is 2.25 bits per heavy atom. The maximum Gasteiger partial charge on any atom is 0.275 e. The highest BCUT2D eigenvalue weighted by Crippen LogP contribution is 2.01. The Hall–Kier alpha value is -1.58. The summed E-state index contributed by atoms with van der Waals surface area (Å²) < 4.78 is 1.60. The van der Waals surface area contributed by atoms with Crippen molar-refractivity contribution in [3.63, 3.8) is 0 Å². The zero-order valence-electron chi connectivity index (χ0n) is 6.96. The molecule has 2 aromatic heterocycles. The van der Waals surface area contributed by atoms with Crippen molar-refractivity contribution in [2.45, 2.75) is 13.8 Å². The van der Waals surface area contributed by atoms with Gasteiger partial charge in [-0.2, -0.15) is 5.10 Å². The van der Waals surface area contributed by atoms with E-state index in [0.717, 1.165) is 5.56 Å². The molecule has 4 heteroatoms. The van der Waals surface area contributed by atoms with Crippen molar-refractivity contribution in [1.82, 2.24) is 14.6 Å². The zero-order valence-corrected chi connectivity index (χ0v) is 6.96. The molecule has 2 aromatic rings. The van der Waals surface area contributed by atoms with E-state index in [1.54, 1.807) is 11.4 Å². The Morgan fingerprint density at radius 1 is 1.50 bits per heavy atom. The summed E-state index contributed by atoms with van der Waals surface area (Å²) in [6, 6.07) is 1.81. The fraction of sp³-hybridized carbons (Fsp3) is 0.250. The molecule has 2 rings (SSSR count). The van der Waals surface area contributed by atoms with Gasteiger partial charge in [0.25, 0.3) is 5.56 Å². The summed E-state index contributed by atoms with van der Waals surface area (Å²) in [7, 11) is 0. The molecule has 0 spiro atoms. The lowest BCUT2D eigenvalue weighted by molar-refractivity contribution is 0.841. The number of aromatic nitrogens is 3.